The van der Waals surface area contributed by atoms with Crippen LogP contribution in [0.4, 0.5) is 0 Å². The molecule has 0 saturated carbocycles. The van der Waals surface area contributed by atoms with Crippen molar-refractivity contribution in [1.29, 1.82) is 0 Å². The molecule has 193 valence electrons. The van der Waals surface area contributed by atoms with Crippen molar-refractivity contribution >= 4 is 23.8 Å². The quantitative estimate of drug-likeness (QED) is 0.201. The van der Waals surface area contributed by atoms with Gasteiger partial charge in [-0.3, -0.25) is 0 Å². The standard InChI is InChI=1S/C9H12O.3C6H15P.Ru/c1-2-5-8-6-3-4-7-9(8)10;3*1-4-7(5-2)6-3;/h3-4,6-7,10H,2,5H2,1H3;3*4-6H2,1-3H3;/q;;;;+1. The minimum absolute atomic E-state index is 0. The van der Waals surface area contributed by atoms with Gasteiger partial charge in [0.25, 0.3) is 0 Å². The predicted octanol–water partition coefficient (Wildman–Crippen LogP) is 9.93. The Balaban J connectivity index is -0.000000164. The summed E-state index contributed by atoms with van der Waals surface area (Å²) in [6.07, 6.45) is 14.8. The normalized spacial score (nSPS) is 9.78. The molecule has 0 aromatic heterocycles. The van der Waals surface area contributed by atoms with Gasteiger partial charge in [0.2, 0.25) is 0 Å². The van der Waals surface area contributed by atoms with E-state index in [0.717, 1.165) is 18.4 Å². The van der Waals surface area contributed by atoms with Crippen molar-refractivity contribution in [3.8, 4) is 5.75 Å². The van der Waals surface area contributed by atoms with Crippen molar-refractivity contribution in [3.05, 3.63) is 29.8 Å². The van der Waals surface area contributed by atoms with E-state index < -0.39 is 0 Å². The summed E-state index contributed by atoms with van der Waals surface area (Å²) in [6.45, 7) is 22.7. The molecule has 0 spiro atoms. The Labute approximate surface area is 220 Å². The first-order valence-corrected chi connectivity index (χ1v) is 18.5. The number of hydrogen-bond acceptors (Lipinski definition) is 1. The Morgan fingerprint density at radius 3 is 1.00 bits per heavy atom. The van der Waals surface area contributed by atoms with E-state index in [4.69, 9.17) is 0 Å². The van der Waals surface area contributed by atoms with Gasteiger partial charge in [0.1, 0.15) is 5.75 Å². The fourth-order valence-electron chi connectivity index (χ4n) is 3.00. The zero-order chi connectivity index (χ0) is 24.5. The van der Waals surface area contributed by atoms with Crippen LogP contribution in [0, 0.1) is 0 Å². The predicted molar refractivity (Wildman–Crippen MR) is 158 cm³/mol. The number of para-hydroxylation sites is 1. The van der Waals surface area contributed by atoms with Gasteiger partial charge in [-0.1, -0.05) is 93.9 Å². The van der Waals surface area contributed by atoms with Gasteiger partial charge in [-0.15, -0.1) is 23.8 Å². The van der Waals surface area contributed by atoms with Crippen LogP contribution in [-0.4, -0.2) is 60.6 Å². The summed E-state index contributed by atoms with van der Waals surface area (Å²) in [5.74, 6) is 0.421. The van der Waals surface area contributed by atoms with Crippen LogP contribution in [-0.2, 0) is 25.9 Å². The van der Waals surface area contributed by atoms with E-state index in [-0.39, 0.29) is 19.5 Å². The molecule has 1 radical (unpaired) electrons. The summed E-state index contributed by atoms with van der Waals surface area (Å²) < 4.78 is 0. The minimum atomic E-state index is 0. The monoisotopic (exact) mass is 592 g/mol. The van der Waals surface area contributed by atoms with E-state index in [1.54, 1.807) is 6.07 Å². The second-order valence-electron chi connectivity index (χ2n) is 7.24. The van der Waals surface area contributed by atoms with Gasteiger partial charge in [0.15, 0.2) is 0 Å². The summed E-state index contributed by atoms with van der Waals surface area (Å²) in [7, 11) is 1.34. The Morgan fingerprint density at radius 2 is 0.812 bits per heavy atom. The maximum absolute atomic E-state index is 9.24. The van der Waals surface area contributed by atoms with Gasteiger partial charge in [-0.25, -0.2) is 0 Å². The van der Waals surface area contributed by atoms with Gasteiger partial charge in [-0.2, -0.15) is 0 Å². The zero-order valence-corrected chi connectivity index (χ0v) is 27.7. The zero-order valence-electron chi connectivity index (χ0n) is 23.2. The van der Waals surface area contributed by atoms with E-state index >= 15 is 0 Å². The molecule has 0 saturated heterocycles. The van der Waals surface area contributed by atoms with Crippen LogP contribution in [0.25, 0.3) is 0 Å². The molecule has 1 aromatic rings. The summed E-state index contributed by atoms with van der Waals surface area (Å²) in [6, 6.07) is 7.48. The smallest absolute Gasteiger partial charge is 0.508 e. The number of phenols is 1. The molecule has 0 bridgehead atoms. The average Bonchev–Trinajstić information content (AvgIpc) is 2.80. The first-order chi connectivity index (χ1) is 14.9. The fourth-order valence-corrected chi connectivity index (χ4v) is 7.03. The largest absolute Gasteiger partial charge is 1.00 e. The average molecular weight is 592 g/mol. The Hall–Kier alpha value is 0.933. The molecular weight excluding hydrogens is 534 g/mol. The molecule has 0 aliphatic rings. The van der Waals surface area contributed by atoms with Crippen molar-refractivity contribution in [2.45, 2.75) is 82.1 Å². The number of benzene rings is 1. The number of aromatic hydroxyl groups is 1. The van der Waals surface area contributed by atoms with Crippen molar-refractivity contribution < 1.29 is 24.6 Å². The molecule has 0 fully saturated rings. The third kappa shape index (κ3) is 25.6. The maximum Gasteiger partial charge on any atom is 1.00 e. The molecule has 1 rings (SSSR count). The molecule has 0 aliphatic heterocycles. The van der Waals surface area contributed by atoms with Gasteiger partial charge in [0, 0.05) is 0 Å². The Bertz CT molecular complexity index is 403. The Kier molecular flexibility index (Phi) is 40.0. The molecular formula is C27H57OP3Ru+. The third-order valence-electron chi connectivity index (χ3n) is 5.54. The van der Waals surface area contributed by atoms with Gasteiger partial charge >= 0.3 is 19.5 Å². The van der Waals surface area contributed by atoms with E-state index in [1.165, 1.54) is 55.5 Å². The number of hydrogen-bond donors (Lipinski definition) is 1. The maximum atomic E-state index is 9.24. The van der Waals surface area contributed by atoms with Gasteiger partial charge in [0.05, 0.1) is 0 Å². The van der Waals surface area contributed by atoms with Crippen LogP contribution in [0.15, 0.2) is 24.3 Å². The molecule has 0 atom stereocenters. The molecule has 5 heteroatoms. The van der Waals surface area contributed by atoms with Gasteiger partial charge < -0.3 is 5.11 Å². The van der Waals surface area contributed by atoms with E-state index in [1.807, 2.05) is 18.2 Å². The SMILES string of the molecule is CCCc1ccccc1O.CCP(CC)CC.CCP(CC)CC.CCP(CC)CC.[Ru+]. The van der Waals surface area contributed by atoms with Crippen molar-refractivity contribution in [3.63, 3.8) is 0 Å². The molecule has 1 aromatic carbocycles. The van der Waals surface area contributed by atoms with E-state index in [9.17, 15) is 5.11 Å². The third-order valence-corrected chi connectivity index (χ3v) is 13.6. The van der Waals surface area contributed by atoms with Crippen LogP contribution >= 0.6 is 23.8 Å². The molecule has 0 heterocycles. The first-order valence-electron chi connectivity index (χ1n) is 12.8. The van der Waals surface area contributed by atoms with E-state index in [2.05, 4.69) is 69.2 Å². The van der Waals surface area contributed by atoms with Crippen LogP contribution in [0.1, 0.15) is 81.2 Å². The summed E-state index contributed by atoms with van der Waals surface area (Å²) in [5, 5.41) is 9.24. The molecule has 1 N–H and O–H groups in total. The second-order valence-corrected chi connectivity index (χ2v) is 17.0. The summed E-state index contributed by atoms with van der Waals surface area (Å²) >= 11 is 0. The van der Waals surface area contributed by atoms with Crippen LogP contribution in [0.2, 0.25) is 0 Å². The van der Waals surface area contributed by atoms with Crippen molar-refractivity contribution in [2.75, 3.05) is 55.5 Å². The second kappa shape index (κ2) is 31.9. The number of phenolic OH excluding ortho intramolecular Hbond substituents is 1. The van der Waals surface area contributed by atoms with Gasteiger partial charge in [-0.05, 0) is 73.5 Å². The molecule has 1 nitrogen and oxygen atoms in total. The number of rotatable bonds is 11. The summed E-state index contributed by atoms with van der Waals surface area (Å²) in [5.41, 5.74) is 1.05. The summed E-state index contributed by atoms with van der Waals surface area (Å²) in [4.78, 5) is 0. The molecule has 0 amide bonds. The van der Waals surface area contributed by atoms with Crippen LogP contribution in [0.3, 0.4) is 0 Å². The Morgan fingerprint density at radius 1 is 0.531 bits per heavy atom. The van der Waals surface area contributed by atoms with Crippen molar-refractivity contribution in [1.82, 2.24) is 0 Å². The molecule has 32 heavy (non-hydrogen) atoms. The molecule has 0 aliphatic carbocycles. The minimum Gasteiger partial charge on any atom is -0.508 e. The topological polar surface area (TPSA) is 20.2 Å². The first kappa shape index (κ1) is 40.1. The van der Waals surface area contributed by atoms with Crippen LogP contribution in [0.5, 0.6) is 5.75 Å². The molecule has 0 unspecified atom stereocenters. The van der Waals surface area contributed by atoms with E-state index in [0.29, 0.717) is 29.5 Å². The number of aryl methyl sites for hydroxylation is 1. The fraction of sp³-hybridized carbons (Fsp3) is 0.778. The van der Waals surface area contributed by atoms with Crippen LogP contribution < -0.4 is 0 Å². The van der Waals surface area contributed by atoms with Crippen molar-refractivity contribution in [2.24, 2.45) is 0 Å².